The monoisotopic (exact) mass is 430 g/mol. The van der Waals surface area contributed by atoms with Gasteiger partial charge in [0, 0.05) is 43.1 Å². The fourth-order valence-corrected chi connectivity index (χ4v) is 5.36. The first-order valence-electron chi connectivity index (χ1n) is 9.58. The van der Waals surface area contributed by atoms with Crippen LogP contribution in [0.3, 0.4) is 0 Å². The number of nitrogens with one attached hydrogen (secondary N) is 2. The maximum absolute atomic E-state index is 13.5. The van der Waals surface area contributed by atoms with Crippen molar-refractivity contribution in [3.8, 4) is 0 Å². The molecule has 1 heterocycles. The Morgan fingerprint density at radius 3 is 2.64 bits per heavy atom. The molecule has 2 N–H and O–H groups in total. The molecule has 0 spiro atoms. The van der Waals surface area contributed by atoms with E-state index in [0.717, 1.165) is 17.1 Å². The molecule has 9 heteroatoms. The normalized spacial score (nSPS) is 16.8. The van der Waals surface area contributed by atoms with E-state index in [1.54, 1.807) is 22.1 Å². The van der Waals surface area contributed by atoms with Crippen LogP contribution in [0.4, 0.5) is 4.39 Å². The highest BCUT2D eigenvalue weighted by molar-refractivity contribution is 7.99. The Kier molecular flexibility index (Phi) is 8.57. The third kappa shape index (κ3) is 6.93. The summed E-state index contributed by atoms with van der Waals surface area (Å²) in [6, 6.07) is 6.54. The van der Waals surface area contributed by atoms with Crippen LogP contribution in [0.25, 0.3) is 0 Å². The van der Waals surface area contributed by atoms with E-state index in [-0.39, 0.29) is 23.5 Å². The van der Waals surface area contributed by atoms with Crippen molar-refractivity contribution in [3.05, 3.63) is 35.6 Å². The molecule has 158 valence electrons. The van der Waals surface area contributed by atoms with Crippen LogP contribution >= 0.6 is 11.8 Å². The average molecular weight is 431 g/mol. The lowest BCUT2D eigenvalue weighted by atomic mass is 9.85. The van der Waals surface area contributed by atoms with Gasteiger partial charge in [0.2, 0.25) is 10.0 Å². The lowest BCUT2D eigenvalue weighted by Gasteiger charge is -2.26. The third-order valence-electron chi connectivity index (χ3n) is 4.60. The molecule has 1 aromatic carbocycles. The molecule has 0 atom stereocenters. The lowest BCUT2D eigenvalue weighted by molar-refractivity contribution is 0.443. The first-order valence-corrected chi connectivity index (χ1v) is 12.3. The van der Waals surface area contributed by atoms with E-state index in [1.165, 1.54) is 12.1 Å². The summed E-state index contributed by atoms with van der Waals surface area (Å²) in [5.74, 6) is 2.05. The van der Waals surface area contributed by atoms with Crippen LogP contribution < -0.4 is 10.6 Å². The number of thioether (sulfide) groups is 1. The van der Waals surface area contributed by atoms with Gasteiger partial charge >= 0.3 is 0 Å². The number of halogens is 1. The average Bonchev–Trinajstić information content (AvgIpc) is 2.67. The smallest absolute Gasteiger partial charge is 0.215 e. The Morgan fingerprint density at radius 1 is 1.29 bits per heavy atom. The Morgan fingerprint density at radius 2 is 2.00 bits per heavy atom. The van der Waals surface area contributed by atoms with Crippen LogP contribution in [0.15, 0.2) is 29.3 Å². The van der Waals surface area contributed by atoms with Gasteiger partial charge in [-0.2, -0.15) is 11.8 Å². The van der Waals surface area contributed by atoms with E-state index in [4.69, 9.17) is 0 Å². The van der Waals surface area contributed by atoms with E-state index in [2.05, 4.69) is 15.6 Å². The Labute approximate surface area is 172 Å². The van der Waals surface area contributed by atoms with Gasteiger partial charge in [-0.25, -0.2) is 17.1 Å². The molecule has 0 aliphatic carbocycles. The summed E-state index contributed by atoms with van der Waals surface area (Å²) in [7, 11) is -3.25. The maximum Gasteiger partial charge on any atom is 0.215 e. The standard InChI is InChI=1S/C19H31FN4O2S2/c1-4-21-18(22-8-13-28(25,26)24-9-11-27-12-10-24)23-15-19(2,3)16-6-5-7-17(20)14-16/h5-7,14H,4,8-13,15H2,1-3H3,(H2,21,22,23). The SMILES string of the molecule is CCNC(=NCC(C)(C)c1cccc(F)c1)NCCS(=O)(=O)N1CCSCC1. The predicted octanol–water partition coefficient (Wildman–Crippen LogP) is 2.04. The van der Waals surface area contributed by atoms with Gasteiger partial charge in [0.25, 0.3) is 0 Å². The van der Waals surface area contributed by atoms with Gasteiger partial charge in [0.05, 0.1) is 12.3 Å². The Hall–Kier alpha value is -1.32. The highest BCUT2D eigenvalue weighted by atomic mass is 32.2. The zero-order valence-electron chi connectivity index (χ0n) is 16.9. The van der Waals surface area contributed by atoms with E-state index in [1.807, 2.05) is 26.8 Å². The summed E-state index contributed by atoms with van der Waals surface area (Å²) < 4.78 is 40.0. The summed E-state index contributed by atoms with van der Waals surface area (Å²) in [4.78, 5) is 4.58. The second-order valence-corrected chi connectivity index (χ2v) is 10.7. The van der Waals surface area contributed by atoms with Crippen molar-refractivity contribution in [2.45, 2.75) is 26.2 Å². The van der Waals surface area contributed by atoms with Crippen molar-refractivity contribution in [1.82, 2.24) is 14.9 Å². The summed E-state index contributed by atoms with van der Waals surface area (Å²) in [6.45, 7) is 8.55. The van der Waals surface area contributed by atoms with Gasteiger partial charge in [-0.05, 0) is 24.6 Å². The zero-order chi connectivity index (χ0) is 20.6. The van der Waals surface area contributed by atoms with Gasteiger partial charge in [-0.15, -0.1) is 0 Å². The van der Waals surface area contributed by atoms with E-state index >= 15 is 0 Å². The van der Waals surface area contributed by atoms with E-state index < -0.39 is 10.0 Å². The first-order chi connectivity index (χ1) is 13.2. The second kappa shape index (κ2) is 10.5. The number of nitrogens with zero attached hydrogens (tertiary/aromatic N) is 2. The van der Waals surface area contributed by atoms with Gasteiger partial charge in [-0.3, -0.25) is 4.99 Å². The number of benzene rings is 1. The highest BCUT2D eigenvalue weighted by Gasteiger charge is 2.24. The molecular formula is C19H31FN4O2S2. The fraction of sp³-hybridized carbons (Fsp3) is 0.632. The molecule has 0 saturated carbocycles. The first kappa shape index (κ1) is 23.0. The molecule has 1 aliphatic rings. The lowest BCUT2D eigenvalue weighted by Crippen LogP contribution is -2.44. The van der Waals surface area contributed by atoms with Crippen LogP contribution in [0, 0.1) is 5.82 Å². The molecule has 6 nitrogen and oxygen atoms in total. The number of guanidine groups is 1. The quantitative estimate of drug-likeness (QED) is 0.488. The topological polar surface area (TPSA) is 73.8 Å². The molecule has 0 radical (unpaired) electrons. The molecule has 28 heavy (non-hydrogen) atoms. The van der Waals surface area contributed by atoms with Crippen LogP contribution in [0.2, 0.25) is 0 Å². The predicted molar refractivity (Wildman–Crippen MR) is 116 cm³/mol. The van der Waals surface area contributed by atoms with E-state index in [0.29, 0.717) is 32.1 Å². The molecule has 1 fully saturated rings. The minimum Gasteiger partial charge on any atom is -0.357 e. The van der Waals surface area contributed by atoms with Crippen molar-refractivity contribution in [2.75, 3.05) is 50.0 Å². The van der Waals surface area contributed by atoms with E-state index in [9.17, 15) is 12.8 Å². The van der Waals surface area contributed by atoms with Gasteiger partial charge in [0.1, 0.15) is 5.82 Å². The largest absolute Gasteiger partial charge is 0.357 e. The molecule has 2 rings (SSSR count). The second-order valence-electron chi connectivity index (χ2n) is 7.34. The van der Waals surface area contributed by atoms with Crippen LogP contribution in [-0.4, -0.2) is 68.7 Å². The molecule has 0 unspecified atom stereocenters. The number of hydrogen-bond acceptors (Lipinski definition) is 4. The molecule has 0 amide bonds. The van der Waals surface area contributed by atoms with Gasteiger partial charge in [0.15, 0.2) is 5.96 Å². The Bertz CT molecular complexity index is 763. The van der Waals surface area contributed by atoms with Crippen molar-refractivity contribution >= 4 is 27.7 Å². The molecule has 1 aliphatic heterocycles. The summed E-state index contributed by atoms with van der Waals surface area (Å²) in [6.07, 6.45) is 0. The number of rotatable bonds is 8. The van der Waals surface area contributed by atoms with Crippen molar-refractivity contribution in [3.63, 3.8) is 0 Å². The molecule has 0 aromatic heterocycles. The third-order valence-corrected chi connectivity index (χ3v) is 7.41. The van der Waals surface area contributed by atoms with Crippen molar-refractivity contribution in [1.29, 1.82) is 0 Å². The minimum absolute atomic E-state index is 0.0371. The number of sulfonamides is 1. The molecular weight excluding hydrogens is 399 g/mol. The number of hydrogen-bond donors (Lipinski definition) is 2. The molecule has 1 saturated heterocycles. The summed E-state index contributed by atoms with van der Waals surface area (Å²) >= 11 is 1.78. The van der Waals surface area contributed by atoms with Crippen LogP contribution in [0.5, 0.6) is 0 Å². The fourth-order valence-electron chi connectivity index (χ4n) is 2.87. The highest BCUT2D eigenvalue weighted by Crippen LogP contribution is 2.24. The minimum atomic E-state index is -3.25. The van der Waals surface area contributed by atoms with Crippen LogP contribution in [-0.2, 0) is 15.4 Å². The summed E-state index contributed by atoms with van der Waals surface area (Å²) in [5, 5.41) is 6.24. The maximum atomic E-state index is 13.5. The molecule has 0 bridgehead atoms. The molecule has 1 aromatic rings. The Balaban J connectivity index is 1.94. The number of aliphatic imine (C=N–C) groups is 1. The van der Waals surface area contributed by atoms with Crippen molar-refractivity contribution < 1.29 is 12.8 Å². The van der Waals surface area contributed by atoms with Gasteiger partial charge < -0.3 is 10.6 Å². The van der Waals surface area contributed by atoms with Gasteiger partial charge in [-0.1, -0.05) is 26.0 Å². The zero-order valence-corrected chi connectivity index (χ0v) is 18.5. The van der Waals surface area contributed by atoms with Crippen molar-refractivity contribution in [2.24, 2.45) is 4.99 Å². The van der Waals surface area contributed by atoms with Crippen LogP contribution in [0.1, 0.15) is 26.3 Å². The summed E-state index contributed by atoms with van der Waals surface area (Å²) in [5.41, 5.74) is 0.528.